The third-order valence-corrected chi connectivity index (χ3v) is 12.1. The van der Waals surface area contributed by atoms with E-state index in [1.54, 1.807) is 0 Å². The van der Waals surface area contributed by atoms with Gasteiger partial charge in [-0.1, -0.05) is 127 Å². The third kappa shape index (κ3) is 6.06. The van der Waals surface area contributed by atoms with Crippen molar-refractivity contribution in [1.82, 2.24) is 4.57 Å². The van der Waals surface area contributed by atoms with Gasteiger partial charge in [-0.15, -0.1) is 0 Å². The van der Waals surface area contributed by atoms with Gasteiger partial charge in [0.25, 0.3) is 0 Å². The molecule has 0 spiro atoms. The fraction of sp³-hybridized carbons (Fsp3) is 0. The summed E-state index contributed by atoms with van der Waals surface area (Å²) in [5, 5.41) is 7.17. The Kier molecular flexibility index (Phi) is 8.17. The fourth-order valence-electron chi connectivity index (χ4n) is 9.18. The number of para-hydroxylation sites is 4. The molecular formula is C58H38N2O. The van der Waals surface area contributed by atoms with Crippen LogP contribution in [0.25, 0.3) is 93.6 Å². The molecule has 0 fully saturated rings. The van der Waals surface area contributed by atoms with Crippen LogP contribution < -0.4 is 4.90 Å². The van der Waals surface area contributed by atoms with Crippen molar-refractivity contribution in [2.24, 2.45) is 0 Å². The van der Waals surface area contributed by atoms with Crippen LogP contribution in [-0.4, -0.2) is 4.57 Å². The van der Waals surface area contributed by atoms with E-state index in [9.17, 15) is 0 Å². The maximum Gasteiger partial charge on any atom is 0.136 e. The van der Waals surface area contributed by atoms with Gasteiger partial charge < -0.3 is 13.9 Å². The SMILES string of the molecule is c1ccc(N(c2ccc(-c3cc(-c4ccc5c(c4)oc4ccccc45)cc(-c4ccc5c(c4)c4ccccc4n5-c4ccccc4)c3)cc2)c2ccc3ccccc3c2)cc1. The number of hydrogen-bond donors (Lipinski definition) is 0. The van der Waals surface area contributed by atoms with Crippen LogP contribution in [0, 0.1) is 0 Å². The minimum Gasteiger partial charge on any atom is -0.456 e. The number of benzene rings is 10. The highest BCUT2D eigenvalue weighted by Crippen LogP contribution is 2.41. The lowest BCUT2D eigenvalue weighted by Gasteiger charge is -2.26. The van der Waals surface area contributed by atoms with E-state index in [0.29, 0.717) is 0 Å². The first-order valence-electron chi connectivity index (χ1n) is 20.8. The molecule has 0 unspecified atom stereocenters. The van der Waals surface area contributed by atoms with Gasteiger partial charge in [-0.2, -0.15) is 0 Å². The molecule has 0 N–H and O–H groups in total. The van der Waals surface area contributed by atoms with Crippen LogP contribution in [0.1, 0.15) is 0 Å². The number of fused-ring (bicyclic) bond motifs is 7. The average Bonchev–Trinajstić information content (AvgIpc) is 3.87. The molecule has 12 rings (SSSR count). The summed E-state index contributed by atoms with van der Waals surface area (Å²) < 4.78 is 8.77. The van der Waals surface area contributed by atoms with E-state index in [0.717, 1.165) is 72.5 Å². The molecule has 12 aromatic rings. The molecule has 3 heteroatoms. The summed E-state index contributed by atoms with van der Waals surface area (Å²) >= 11 is 0. The summed E-state index contributed by atoms with van der Waals surface area (Å²) in [7, 11) is 0. The number of aromatic nitrogens is 1. The molecule has 0 bridgehead atoms. The Morgan fingerprint density at radius 2 is 0.852 bits per heavy atom. The van der Waals surface area contributed by atoms with E-state index < -0.39 is 0 Å². The fourth-order valence-corrected chi connectivity index (χ4v) is 9.18. The number of rotatable bonds is 7. The highest BCUT2D eigenvalue weighted by atomic mass is 16.3. The van der Waals surface area contributed by atoms with Gasteiger partial charge in [0, 0.05) is 44.3 Å². The first kappa shape index (κ1) is 34.9. The van der Waals surface area contributed by atoms with Gasteiger partial charge in [-0.05, 0) is 147 Å². The largest absolute Gasteiger partial charge is 0.456 e. The van der Waals surface area contributed by atoms with Crippen LogP contribution in [0.15, 0.2) is 235 Å². The number of nitrogens with zero attached hydrogens (tertiary/aromatic N) is 2. The van der Waals surface area contributed by atoms with Gasteiger partial charge in [0.15, 0.2) is 0 Å². The molecule has 0 amide bonds. The molecule has 2 aromatic heterocycles. The molecule has 286 valence electrons. The minimum absolute atomic E-state index is 0.889. The molecule has 0 aliphatic rings. The average molecular weight is 779 g/mol. The third-order valence-electron chi connectivity index (χ3n) is 12.1. The predicted molar refractivity (Wildman–Crippen MR) is 257 cm³/mol. The molecule has 0 atom stereocenters. The van der Waals surface area contributed by atoms with E-state index in [2.05, 4.69) is 228 Å². The normalized spacial score (nSPS) is 11.6. The van der Waals surface area contributed by atoms with E-state index >= 15 is 0 Å². The summed E-state index contributed by atoms with van der Waals surface area (Å²) in [6, 6.07) is 83.1. The first-order chi connectivity index (χ1) is 30.2. The second-order valence-electron chi connectivity index (χ2n) is 15.8. The summed E-state index contributed by atoms with van der Waals surface area (Å²) in [5.74, 6) is 0. The van der Waals surface area contributed by atoms with Crippen molar-refractivity contribution in [3.05, 3.63) is 231 Å². The Hall–Kier alpha value is -8.14. The van der Waals surface area contributed by atoms with Gasteiger partial charge in [0.1, 0.15) is 11.2 Å². The standard InChI is InChI=1S/C58H38N2O/c1-3-15-47(16-4-1)59(50-30-25-39-13-7-8-14-41(39)36-50)49-28-23-40(24-29-49)44-33-45(35-46(34-44)43-26-31-53-52-20-10-12-22-57(52)61-58(53)38-43)42-27-32-56-54(37-42)51-19-9-11-21-55(51)60(56)48-17-5-2-6-18-48/h1-38H. The van der Waals surface area contributed by atoms with E-state index in [1.807, 2.05) is 12.1 Å². The summed E-state index contributed by atoms with van der Waals surface area (Å²) in [5.41, 5.74) is 15.5. The molecule has 0 saturated heterocycles. The second kappa shape index (κ2) is 14.3. The molecule has 10 aromatic carbocycles. The van der Waals surface area contributed by atoms with Crippen LogP contribution in [0.5, 0.6) is 0 Å². The smallest absolute Gasteiger partial charge is 0.136 e. The zero-order valence-corrected chi connectivity index (χ0v) is 33.2. The molecule has 2 heterocycles. The van der Waals surface area contributed by atoms with Gasteiger partial charge >= 0.3 is 0 Å². The van der Waals surface area contributed by atoms with Crippen LogP contribution in [0.2, 0.25) is 0 Å². The van der Waals surface area contributed by atoms with Crippen LogP contribution in [0.4, 0.5) is 17.1 Å². The van der Waals surface area contributed by atoms with Gasteiger partial charge in [0.05, 0.1) is 11.0 Å². The quantitative estimate of drug-likeness (QED) is 0.161. The molecule has 0 aliphatic carbocycles. The van der Waals surface area contributed by atoms with Crippen molar-refractivity contribution >= 4 is 71.6 Å². The maximum absolute atomic E-state index is 6.40. The van der Waals surface area contributed by atoms with Crippen LogP contribution >= 0.6 is 0 Å². The van der Waals surface area contributed by atoms with Crippen molar-refractivity contribution in [3.63, 3.8) is 0 Å². The highest BCUT2D eigenvalue weighted by molar-refractivity contribution is 6.11. The van der Waals surface area contributed by atoms with Crippen molar-refractivity contribution < 1.29 is 4.42 Å². The lowest BCUT2D eigenvalue weighted by Crippen LogP contribution is -2.09. The van der Waals surface area contributed by atoms with E-state index in [4.69, 9.17) is 4.42 Å². The molecule has 0 aliphatic heterocycles. The Morgan fingerprint density at radius 1 is 0.295 bits per heavy atom. The summed E-state index contributed by atoms with van der Waals surface area (Å²) in [6.45, 7) is 0. The topological polar surface area (TPSA) is 21.3 Å². The summed E-state index contributed by atoms with van der Waals surface area (Å²) in [6.07, 6.45) is 0. The summed E-state index contributed by atoms with van der Waals surface area (Å²) in [4.78, 5) is 2.34. The lowest BCUT2D eigenvalue weighted by molar-refractivity contribution is 0.669. The van der Waals surface area contributed by atoms with Gasteiger partial charge in [-0.25, -0.2) is 0 Å². The highest BCUT2D eigenvalue weighted by Gasteiger charge is 2.17. The monoisotopic (exact) mass is 778 g/mol. The molecule has 0 saturated carbocycles. The van der Waals surface area contributed by atoms with Crippen LogP contribution in [0.3, 0.4) is 0 Å². The Morgan fingerprint density at radius 3 is 1.66 bits per heavy atom. The van der Waals surface area contributed by atoms with E-state index in [1.165, 1.54) is 38.1 Å². The molecule has 0 radical (unpaired) electrons. The van der Waals surface area contributed by atoms with Gasteiger partial charge in [-0.3, -0.25) is 0 Å². The van der Waals surface area contributed by atoms with Crippen molar-refractivity contribution in [2.45, 2.75) is 0 Å². The zero-order chi connectivity index (χ0) is 40.3. The number of hydrogen-bond acceptors (Lipinski definition) is 2. The van der Waals surface area contributed by atoms with Crippen molar-refractivity contribution in [1.29, 1.82) is 0 Å². The van der Waals surface area contributed by atoms with Crippen LogP contribution in [-0.2, 0) is 0 Å². The van der Waals surface area contributed by atoms with Gasteiger partial charge in [0.2, 0.25) is 0 Å². The zero-order valence-electron chi connectivity index (χ0n) is 33.2. The minimum atomic E-state index is 0.889. The Labute approximate surface area is 353 Å². The molecule has 61 heavy (non-hydrogen) atoms. The maximum atomic E-state index is 6.40. The second-order valence-corrected chi connectivity index (χ2v) is 15.8. The Balaban J connectivity index is 1.01. The Bertz CT molecular complexity index is 3580. The number of furan rings is 1. The van der Waals surface area contributed by atoms with Crippen molar-refractivity contribution in [2.75, 3.05) is 4.90 Å². The first-order valence-corrected chi connectivity index (χ1v) is 20.8. The predicted octanol–water partition coefficient (Wildman–Crippen LogP) is 16.3. The number of anilines is 3. The molecule has 3 nitrogen and oxygen atoms in total. The van der Waals surface area contributed by atoms with Crippen molar-refractivity contribution in [3.8, 4) is 39.1 Å². The molecular weight excluding hydrogens is 741 g/mol. The lowest BCUT2D eigenvalue weighted by atomic mass is 9.92. The van der Waals surface area contributed by atoms with E-state index in [-0.39, 0.29) is 0 Å².